The van der Waals surface area contributed by atoms with Crippen molar-refractivity contribution in [2.45, 2.75) is 13.8 Å². The molecule has 0 aliphatic heterocycles. The molecule has 0 atom stereocenters. The summed E-state index contributed by atoms with van der Waals surface area (Å²) < 4.78 is 20.5. The Morgan fingerprint density at radius 2 is 1.73 bits per heavy atom. The van der Waals surface area contributed by atoms with Gasteiger partial charge in [0.2, 0.25) is 5.88 Å². The number of aliphatic imine (C=N–C) groups is 1. The lowest BCUT2D eigenvalue weighted by atomic mass is 10.1. The predicted octanol–water partition coefficient (Wildman–Crippen LogP) is 7.43. The van der Waals surface area contributed by atoms with Crippen molar-refractivity contribution in [2.24, 2.45) is 4.99 Å². The van der Waals surface area contributed by atoms with E-state index in [1.165, 1.54) is 0 Å². The maximum atomic E-state index is 9.93. The van der Waals surface area contributed by atoms with Gasteiger partial charge in [0.15, 0.2) is 11.5 Å². The number of nitrogens with zero attached hydrogens (tertiary/aromatic N) is 3. The van der Waals surface area contributed by atoms with E-state index in [2.05, 4.69) is 63.3 Å². The minimum Gasteiger partial charge on any atom is -0.464 e. The monoisotopic (exact) mass is 547 g/mol. The third-order valence-corrected chi connectivity index (χ3v) is 6.31. The van der Waals surface area contributed by atoms with E-state index < -0.39 is 0 Å². The average Bonchev–Trinajstić information content (AvgIpc) is 3.60. The number of halogens is 1. The molecule has 5 aromatic rings. The number of hydrogen-bond acceptors (Lipinski definition) is 5. The molecule has 0 bridgehead atoms. The van der Waals surface area contributed by atoms with Crippen molar-refractivity contribution in [2.75, 3.05) is 0 Å². The smallest absolute Gasteiger partial charge is 0.238 e. The standard InChI is InChI=1S/C26H18IN3O3/c1-16-13-18(17(2)30(16)21-8-4-3-7-20(21)27)15-29-26-19(14-28)24(22-9-5-11-31-22)25(33-26)23-10-6-12-32-23/h3-13,15H,1-2H3. The van der Waals surface area contributed by atoms with Crippen molar-refractivity contribution in [3.63, 3.8) is 0 Å². The van der Waals surface area contributed by atoms with Crippen LogP contribution in [0.1, 0.15) is 22.5 Å². The third-order valence-electron chi connectivity index (χ3n) is 5.40. The van der Waals surface area contributed by atoms with Crippen molar-refractivity contribution in [3.8, 4) is 34.6 Å². The van der Waals surface area contributed by atoms with Gasteiger partial charge < -0.3 is 17.8 Å². The first-order chi connectivity index (χ1) is 16.1. The lowest BCUT2D eigenvalue weighted by molar-refractivity contribution is 0.527. The molecule has 5 rings (SSSR count). The molecule has 162 valence electrons. The zero-order valence-corrected chi connectivity index (χ0v) is 20.0. The van der Waals surface area contributed by atoms with Gasteiger partial charge in [-0.15, -0.1) is 0 Å². The Hall–Kier alpha value is -3.77. The zero-order valence-electron chi connectivity index (χ0n) is 17.9. The molecule has 0 saturated heterocycles. The molecule has 0 radical (unpaired) electrons. The Bertz CT molecular complexity index is 1500. The summed E-state index contributed by atoms with van der Waals surface area (Å²) in [4.78, 5) is 4.57. The van der Waals surface area contributed by atoms with Crippen molar-refractivity contribution >= 4 is 34.7 Å². The minimum absolute atomic E-state index is 0.203. The van der Waals surface area contributed by atoms with Crippen LogP contribution in [0.5, 0.6) is 0 Å². The van der Waals surface area contributed by atoms with Gasteiger partial charge in [0.05, 0.1) is 23.8 Å². The Morgan fingerprint density at radius 1 is 1.00 bits per heavy atom. The van der Waals surface area contributed by atoms with Crippen LogP contribution in [0, 0.1) is 28.7 Å². The van der Waals surface area contributed by atoms with E-state index in [9.17, 15) is 5.26 Å². The largest absolute Gasteiger partial charge is 0.464 e. The van der Waals surface area contributed by atoms with Crippen molar-refractivity contribution in [1.29, 1.82) is 5.26 Å². The summed E-state index contributed by atoms with van der Waals surface area (Å²) >= 11 is 2.34. The zero-order chi connectivity index (χ0) is 22.9. The van der Waals surface area contributed by atoms with E-state index >= 15 is 0 Å². The fourth-order valence-corrected chi connectivity index (χ4v) is 4.53. The topological polar surface area (TPSA) is 80.5 Å². The summed E-state index contributed by atoms with van der Waals surface area (Å²) in [6, 6.07) is 19.6. The minimum atomic E-state index is 0.203. The molecular weight excluding hydrogens is 529 g/mol. The molecule has 0 amide bonds. The molecule has 4 heterocycles. The molecule has 0 saturated carbocycles. The second-order valence-corrected chi connectivity index (χ2v) is 8.59. The SMILES string of the molecule is Cc1cc(C=Nc2oc(-c3ccco3)c(-c3ccco3)c2C#N)c(C)n1-c1ccccc1I. The first-order valence-corrected chi connectivity index (χ1v) is 11.3. The highest BCUT2D eigenvalue weighted by atomic mass is 127. The van der Waals surface area contributed by atoms with Gasteiger partial charge in [-0.25, -0.2) is 4.99 Å². The fourth-order valence-electron chi connectivity index (χ4n) is 3.90. The van der Waals surface area contributed by atoms with Crippen molar-refractivity contribution < 1.29 is 13.3 Å². The number of benzene rings is 1. The average molecular weight is 547 g/mol. The second-order valence-electron chi connectivity index (χ2n) is 7.42. The molecule has 4 aromatic heterocycles. The highest BCUT2D eigenvalue weighted by Gasteiger charge is 2.26. The molecule has 0 unspecified atom stereocenters. The molecule has 7 heteroatoms. The number of nitriles is 1. The van der Waals surface area contributed by atoms with Gasteiger partial charge in [0.25, 0.3) is 0 Å². The number of para-hydroxylation sites is 1. The lowest BCUT2D eigenvalue weighted by Crippen LogP contribution is -2.01. The molecule has 0 aliphatic carbocycles. The van der Waals surface area contributed by atoms with Gasteiger partial charge in [-0.3, -0.25) is 0 Å². The maximum absolute atomic E-state index is 9.93. The van der Waals surface area contributed by atoms with E-state index in [4.69, 9.17) is 13.3 Å². The molecule has 33 heavy (non-hydrogen) atoms. The summed E-state index contributed by atoms with van der Waals surface area (Å²) in [5.41, 5.74) is 5.00. The van der Waals surface area contributed by atoms with E-state index in [0.29, 0.717) is 28.4 Å². The summed E-state index contributed by atoms with van der Waals surface area (Å²) in [6.07, 6.45) is 4.84. The third kappa shape index (κ3) is 3.72. The van der Waals surface area contributed by atoms with E-state index in [0.717, 1.165) is 26.2 Å². The lowest BCUT2D eigenvalue weighted by Gasteiger charge is -2.11. The maximum Gasteiger partial charge on any atom is 0.238 e. The van der Waals surface area contributed by atoms with E-state index in [1.807, 2.05) is 19.1 Å². The number of aryl methyl sites for hydroxylation is 1. The number of aromatic nitrogens is 1. The van der Waals surface area contributed by atoms with Crippen LogP contribution < -0.4 is 0 Å². The van der Waals surface area contributed by atoms with Crippen LogP contribution in [0.2, 0.25) is 0 Å². The van der Waals surface area contributed by atoms with Gasteiger partial charge in [0.1, 0.15) is 17.4 Å². The van der Waals surface area contributed by atoms with E-state index in [-0.39, 0.29) is 5.88 Å². The van der Waals surface area contributed by atoms with Crippen LogP contribution in [0.3, 0.4) is 0 Å². The summed E-state index contributed by atoms with van der Waals surface area (Å²) in [5, 5.41) is 9.93. The van der Waals surface area contributed by atoms with Crippen LogP contribution in [-0.4, -0.2) is 10.8 Å². The van der Waals surface area contributed by atoms with Crippen LogP contribution in [0.4, 0.5) is 5.88 Å². The molecular formula is C26H18IN3O3. The van der Waals surface area contributed by atoms with Gasteiger partial charge in [0, 0.05) is 26.7 Å². The number of rotatable bonds is 5. The summed E-state index contributed by atoms with van der Waals surface area (Å²) in [5.74, 6) is 1.62. The fraction of sp³-hybridized carbons (Fsp3) is 0.0769. The molecule has 0 aliphatic rings. The van der Waals surface area contributed by atoms with Crippen LogP contribution in [0.15, 0.2) is 85.4 Å². The highest BCUT2D eigenvalue weighted by molar-refractivity contribution is 14.1. The Kier molecular flexibility index (Phi) is 5.52. The summed E-state index contributed by atoms with van der Waals surface area (Å²) in [6.45, 7) is 4.11. The number of hydrogen-bond donors (Lipinski definition) is 0. The Balaban J connectivity index is 1.61. The highest BCUT2D eigenvalue weighted by Crippen LogP contribution is 2.42. The Labute approximate surface area is 203 Å². The van der Waals surface area contributed by atoms with Crippen molar-refractivity contribution in [1.82, 2.24) is 4.57 Å². The Morgan fingerprint density at radius 3 is 2.39 bits per heavy atom. The molecule has 0 N–H and O–H groups in total. The van der Waals surface area contributed by atoms with E-state index in [1.54, 1.807) is 43.0 Å². The van der Waals surface area contributed by atoms with Crippen LogP contribution in [0.25, 0.3) is 28.5 Å². The van der Waals surface area contributed by atoms with Gasteiger partial charge in [-0.1, -0.05) is 12.1 Å². The number of furan rings is 3. The predicted molar refractivity (Wildman–Crippen MR) is 134 cm³/mol. The van der Waals surface area contributed by atoms with Gasteiger partial charge in [-0.2, -0.15) is 5.26 Å². The molecule has 0 fully saturated rings. The van der Waals surface area contributed by atoms with Gasteiger partial charge in [-0.05, 0) is 78.9 Å². The summed E-state index contributed by atoms with van der Waals surface area (Å²) in [7, 11) is 0. The molecule has 0 spiro atoms. The van der Waals surface area contributed by atoms with Gasteiger partial charge >= 0.3 is 0 Å². The quantitative estimate of drug-likeness (QED) is 0.169. The molecule has 1 aromatic carbocycles. The van der Waals surface area contributed by atoms with Crippen LogP contribution >= 0.6 is 22.6 Å². The molecule has 6 nitrogen and oxygen atoms in total. The normalized spacial score (nSPS) is 11.3. The van der Waals surface area contributed by atoms with Crippen LogP contribution in [-0.2, 0) is 0 Å². The van der Waals surface area contributed by atoms with Crippen molar-refractivity contribution in [3.05, 3.63) is 93.2 Å². The second kappa shape index (κ2) is 8.64. The first-order valence-electron chi connectivity index (χ1n) is 10.2. The first kappa shape index (κ1) is 21.1.